The van der Waals surface area contributed by atoms with Gasteiger partial charge in [0.25, 0.3) is 5.91 Å². The lowest BCUT2D eigenvalue weighted by Crippen LogP contribution is -2.45. The third kappa shape index (κ3) is 5.02. The van der Waals surface area contributed by atoms with Gasteiger partial charge in [0.05, 0.1) is 0 Å². The minimum Gasteiger partial charge on any atom is -0.480 e. The summed E-state index contributed by atoms with van der Waals surface area (Å²) in [6.45, 7) is 0.523. The van der Waals surface area contributed by atoms with Crippen LogP contribution in [-0.4, -0.2) is 29.6 Å². The molecule has 1 amide bonds. The van der Waals surface area contributed by atoms with Crippen molar-refractivity contribution in [3.8, 4) is 5.75 Å². The van der Waals surface area contributed by atoms with Crippen molar-refractivity contribution in [2.24, 2.45) is 5.92 Å². The van der Waals surface area contributed by atoms with Crippen LogP contribution in [0.1, 0.15) is 30.6 Å². The monoisotopic (exact) mass is 301 g/mol. The SMILES string of the molecule is CCC(C)C(NC(=O)c1cccc(OC(F)F)c1)C(=O)O. The molecule has 0 heterocycles. The minimum atomic E-state index is -2.99. The van der Waals surface area contributed by atoms with Gasteiger partial charge >= 0.3 is 12.6 Å². The zero-order valence-corrected chi connectivity index (χ0v) is 11.7. The predicted molar refractivity (Wildman–Crippen MR) is 71.4 cm³/mol. The first-order valence-corrected chi connectivity index (χ1v) is 6.43. The summed E-state index contributed by atoms with van der Waals surface area (Å²) in [6.07, 6.45) is 0.575. The first-order valence-electron chi connectivity index (χ1n) is 6.43. The molecule has 7 heteroatoms. The second-order valence-electron chi connectivity index (χ2n) is 4.58. The number of ether oxygens (including phenoxy) is 1. The Bertz CT molecular complexity index is 508. The fourth-order valence-corrected chi connectivity index (χ4v) is 1.72. The fourth-order valence-electron chi connectivity index (χ4n) is 1.72. The molecule has 0 aliphatic rings. The van der Waals surface area contributed by atoms with Gasteiger partial charge in [-0.2, -0.15) is 8.78 Å². The molecule has 0 fully saturated rings. The molecular weight excluding hydrogens is 284 g/mol. The Morgan fingerprint density at radius 3 is 2.57 bits per heavy atom. The molecule has 0 aromatic heterocycles. The highest BCUT2D eigenvalue weighted by Crippen LogP contribution is 2.16. The molecule has 0 radical (unpaired) electrons. The van der Waals surface area contributed by atoms with E-state index in [0.717, 1.165) is 6.07 Å². The third-order valence-corrected chi connectivity index (χ3v) is 3.09. The molecule has 21 heavy (non-hydrogen) atoms. The average Bonchev–Trinajstić information content (AvgIpc) is 2.42. The smallest absolute Gasteiger partial charge is 0.387 e. The summed E-state index contributed by atoms with van der Waals surface area (Å²) in [6, 6.07) is 4.15. The highest BCUT2D eigenvalue weighted by Gasteiger charge is 2.25. The average molecular weight is 301 g/mol. The maximum absolute atomic E-state index is 12.1. The van der Waals surface area contributed by atoms with Gasteiger partial charge < -0.3 is 15.2 Å². The van der Waals surface area contributed by atoms with Gasteiger partial charge in [0.2, 0.25) is 0 Å². The number of alkyl halides is 2. The van der Waals surface area contributed by atoms with E-state index in [9.17, 15) is 18.4 Å². The van der Waals surface area contributed by atoms with Crippen molar-refractivity contribution in [3.63, 3.8) is 0 Å². The highest BCUT2D eigenvalue weighted by atomic mass is 19.3. The van der Waals surface area contributed by atoms with Gasteiger partial charge in [0.1, 0.15) is 11.8 Å². The number of amides is 1. The lowest BCUT2D eigenvalue weighted by atomic mass is 9.99. The second kappa shape index (κ2) is 7.56. The fraction of sp³-hybridized carbons (Fsp3) is 0.429. The minimum absolute atomic E-state index is 0.0581. The number of carboxylic acid groups (broad SMARTS) is 1. The number of benzene rings is 1. The third-order valence-electron chi connectivity index (χ3n) is 3.09. The number of hydrogen-bond acceptors (Lipinski definition) is 3. The number of halogens is 2. The number of carbonyl (C=O) groups excluding carboxylic acids is 1. The Labute approximate surface area is 120 Å². The Kier molecular flexibility index (Phi) is 6.08. The van der Waals surface area contributed by atoms with E-state index in [1.54, 1.807) is 6.92 Å². The summed E-state index contributed by atoms with van der Waals surface area (Å²) in [5, 5.41) is 11.5. The molecule has 0 saturated heterocycles. The van der Waals surface area contributed by atoms with Crippen molar-refractivity contribution in [2.75, 3.05) is 0 Å². The number of nitrogens with one attached hydrogen (secondary N) is 1. The van der Waals surface area contributed by atoms with E-state index in [4.69, 9.17) is 5.11 Å². The van der Waals surface area contributed by atoms with Crippen LogP contribution in [0.4, 0.5) is 8.78 Å². The van der Waals surface area contributed by atoms with Crippen molar-refractivity contribution in [3.05, 3.63) is 29.8 Å². The molecule has 0 aliphatic carbocycles. The van der Waals surface area contributed by atoms with Gasteiger partial charge in [0, 0.05) is 5.56 Å². The molecular formula is C14H17F2NO4. The molecule has 1 aromatic carbocycles. The van der Waals surface area contributed by atoms with E-state index in [0.29, 0.717) is 6.42 Å². The van der Waals surface area contributed by atoms with Crippen LogP contribution in [0.2, 0.25) is 0 Å². The van der Waals surface area contributed by atoms with Gasteiger partial charge in [-0.1, -0.05) is 26.3 Å². The van der Waals surface area contributed by atoms with Crippen molar-refractivity contribution in [1.29, 1.82) is 0 Å². The number of carboxylic acids is 1. The number of aliphatic carboxylic acids is 1. The first-order chi connectivity index (χ1) is 9.85. The van der Waals surface area contributed by atoms with Gasteiger partial charge in [-0.3, -0.25) is 4.79 Å². The maximum Gasteiger partial charge on any atom is 0.387 e. The lowest BCUT2D eigenvalue weighted by Gasteiger charge is -2.20. The Balaban J connectivity index is 2.85. The molecule has 1 rings (SSSR count). The summed E-state index contributed by atoms with van der Waals surface area (Å²) >= 11 is 0. The molecule has 2 atom stereocenters. The van der Waals surface area contributed by atoms with Crippen LogP contribution >= 0.6 is 0 Å². The Hall–Kier alpha value is -2.18. The van der Waals surface area contributed by atoms with Crippen LogP contribution in [0.25, 0.3) is 0 Å². The molecule has 0 aliphatic heterocycles. The molecule has 116 valence electrons. The molecule has 1 aromatic rings. The number of carbonyl (C=O) groups is 2. The summed E-state index contributed by atoms with van der Waals surface area (Å²) in [5.41, 5.74) is 0.0581. The summed E-state index contributed by atoms with van der Waals surface area (Å²) in [4.78, 5) is 23.1. The van der Waals surface area contributed by atoms with Crippen molar-refractivity contribution >= 4 is 11.9 Å². The highest BCUT2D eigenvalue weighted by molar-refractivity contribution is 5.96. The van der Waals surface area contributed by atoms with E-state index in [1.165, 1.54) is 18.2 Å². The first kappa shape index (κ1) is 16.9. The van der Waals surface area contributed by atoms with Gasteiger partial charge in [-0.25, -0.2) is 4.79 Å². The van der Waals surface area contributed by atoms with Crippen molar-refractivity contribution in [2.45, 2.75) is 32.9 Å². The van der Waals surface area contributed by atoms with Gasteiger partial charge in [-0.05, 0) is 24.1 Å². The van der Waals surface area contributed by atoms with Crippen LogP contribution in [-0.2, 0) is 4.79 Å². The molecule has 2 N–H and O–H groups in total. The lowest BCUT2D eigenvalue weighted by molar-refractivity contribution is -0.140. The van der Waals surface area contributed by atoms with Crippen molar-refractivity contribution in [1.82, 2.24) is 5.32 Å². The summed E-state index contributed by atoms with van der Waals surface area (Å²) < 4.78 is 28.4. The molecule has 0 bridgehead atoms. The molecule has 0 saturated carbocycles. The zero-order valence-electron chi connectivity index (χ0n) is 11.7. The Morgan fingerprint density at radius 1 is 1.38 bits per heavy atom. The number of hydrogen-bond donors (Lipinski definition) is 2. The van der Waals surface area contributed by atoms with E-state index in [-0.39, 0.29) is 17.2 Å². The Morgan fingerprint density at radius 2 is 2.05 bits per heavy atom. The normalized spacial score (nSPS) is 13.6. The summed E-state index contributed by atoms with van der Waals surface area (Å²) in [5.74, 6) is -2.21. The van der Waals surface area contributed by atoms with Crippen LogP contribution < -0.4 is 10.1 Å². The van der Waals surface area contributed by atoms with E-state index < -0.39 is 24.5 Å². The van der Waals surface area contributed by atoms with E-state index in [1.807, 2.05) is 6.92 Å². The van der Waals surface area contributed by atoms with Crippen LogP contribution in [0.15, 0.2) is 24.3 Å². The predicted octanol–water partition coefficient (Wildman–Crippen LogP) is 2.52. The van der Waals surface area contributed by atoms with Crippen LogP contribution in [0.5, 0.6) is 5.75 Å². The quantitative estimate of drug-likeness (QED) is 0.811. The largest absolute Gasteiger partial charge is 0.480 e. The second-order valence-corrected chi connectivity index (χ2v) is 4.58. The van der Waals surface area contributed by atoms with Crippen LogP contribution in [0, 0.1) is 5.92 Å². The van der Waals surface area contributed by atoms with Crippen LogP contribution in [0.3, 0.4) is 0 Å². The topological polar surface area (TPSA) is 75.6 Å². The summed E-state index contributed by atoms with van der Waals surface area (Å²) in [7, 11) is 0. The van der Waals surface area contributed by atoms with E-state index in [2.05, 4.69) is 10.1 Å². The number of rotatable bonds is 7. The van der Waals surface area contributed by atoms with Crippen molar-refractivity contribution < 1.29 is 28.2 Å². The van der Waals surface area contributed by atoms with Gasteiger partial charge in [-0.15, -0.1) is 0 Å². The maximum atomic E-state index is 12.1. The van der Waals surface area contributed by atoms with Gasteiger partial charge in [0.15, 0.2) is 0 Å². The zero-order chi connectivity index (χ0) is 16.0. The van der Waals surface area contributed by atoms with E-state index >= 15 is 0 Å². The molecule has 0 spiro atoms. The molecule has 2 unspecified atom stereocenters. The molecule has 5 nitrogen and oxygen atoms in total. The standard InChI is InChI=1S/C14H17F2NO4/c1-3-8(2)11(13(19)20)17-12(18)9-5-4-6-10(7-9)21-14(15)16/h4-8,11,14H,3H2,1-2H3,(H,17,18)(H,19,20).